The number of fused-ring (bicyclic) bond motifs is 8. The van der Waals surface area contributed by atoms with Crippen molar-refractivity contribution in [3.05, 3.63) is 101 Å². The smallest absolute Gasteiger partial charge is 0.0688 e. The SMILES string of the molecule is c1ccc2c(c1)Cc1cc3c4c(c1-2)Cc1ccncc1N4c1cccnc1C3. The molecule has 4 heterocycles. The molecular weight excluding hydrogens is 342 g/mol. The second kappa shape index (κ2) is 5.08. The molecule has 0 spiro atoms. The van der Waals surface area contributed by atoms with Gasteiger partial charge in [-0.3, -0.25) is 9.97 Å². The summed E-state index contributed by atoms with van der Waals surface area (Å²) in [6.45, 7) is 0. The lowest BCUT2D eigenvalue weighted by molar-refractivity contribution is 0.962. The van der Waals surface area contributed by atoms with E-state index in [2.05, 4.69) is 52.3 Å². The van der Waals surface area contributed by atoms with Crippen LogP contribution in [-0.4, -0.2) is 9.97 Å². The lowest BCUT2D eigenvalue weighted by Crippen LogP contribution is -2.26. The van der Waals surface area contributed by atoms with E-state index in [4.69, 9.17) is 4.98 Å². The third-order valence-corrected chi connectivity index (χ3v) is 6.41. The fourth-order valence-corrected chi connectivity index (χ4v) is 5.32. The Labute approximate surface area is 163 Å². The van der Waals surface area contributed by atoms with Crippen molar-refractivity contribution in [1.82, 2.24) is 9.97 Å². The van der Waals surface area contributed by atoms with Crippen LogP contribution in [0.25, 0.3) is 11.1 Å². The average Bonchev–Trinajstić information content (AvgIpc) is 3.11. The van der Waals surface area contributed by atoms with E-state index in [1.54, 1.807) is 0 Å². The number of pyridine rings is 2. The van der Waals surface area contributed by atoms with E-state index in [1.807, 2.05) is 24.7 Å². The molecule has 2 aliphatic heterocycles. The van der Waals surface area contributed by atoms with E-state index in [9.17, 15) is 0 Å². The highest BCUT2D eigenvalue weighted by Crippen LogP contribution is 2.54. The molecule has 1 aliphatic carbocycles. The summed E-state index contributed by atoms with van der Waals surface area (Å²) >= 11 is 0. The molecule has 0 fully saturated rings. The molecule has 0 bridgehead atoms. The largest absolute Gasteiger partial charge is 0.306 e. The van der Waals surface area contributed by atoms with Gasteiger partial charge in [0.25, 0.3) is 0 Å². The highest BCUT2D eigenvalue weighted by atomic mass is 15.2. The van der Waals surface area contributed by atoms with Gasteiger partial charge in [-0.1, -0.05) is 30.3 Å². The van der Waals surface area contributed by atoms with Crippen LogP contribution in [0.4, 0.5) is 17.1 Å². The molecule has 0 saturated heterocycles. The topological polar surface area (TPSA) is 29.0 Å². The van der Waals surface area contributed by atoms with Crippen LogP contribution in [0.2, 0.25) is 0 Å². The highest BCUT2D eigenvalue weighted by molar-refractivity contribution is 5.94. The molecule has 0 N–H and O–H groups in total. The van der Waals surface area contributed by atoms with Crippen LogP contribution in [-0.2, 0) is 19.3 Å². The van der Waals surface area contributed by atoms with E-state index in [1.165, 1.54) is 56.0 Å². The Morgan fingerprint density at radius 2 is 1.71 bits per heavy atom. The summed E-state index contributed by atoms with van der Waals surface area (Å²) in [5.74, 6) is 0. The number of aromatic nitrogens is 2. The fraction of sp³-hybridized carbons (Fsp3) is 0.120. The van der Waals surface area contributed by atoms with Crippen molar-refractivity contribution < 1.29 is 0 Å². The van der Waals surface area contributed by atoms with Crippen molar-refractivity contribution in [1.29, 1.82) is 0 Å². The van der Waals surface area contributed by atoms with E-state index >= 15 is 0 Å². The standard InChI is InChI=1S/C25H17N3/c1-2-5-19-15(4-1)10-17-11-18-13-21-22(6-3-8-27-21)28-23-14-26-9-7-16(23)12-20(24(17)19)25(18)28/h1-9,11,14H,10,12-13H2. The number of nitrogens with zero attached hydrogens (tertiary/aromatic N) is 3. The second-order valence-corrected chi connectivity index (χ2v) is 7.89. The molecule has 2 aromatic carbocycles. The van der Waals surface area contributed by atoms with Gasteiger partial charge in [0.1, 0.15) is 0 Å². The molecule has 0 unspecified atom stereocenters. The van der Waals surface area contributed by atoms with Crippen LogP contribution in [0.5, 0.6) is 0 Å². The Morgan fingerprint density at radius 1 is 0.750 bits per heavy atom. The van der Waals surface area contributed by atoms with Gasteiger partial charge in [0.15, 0.2) is 0 Å². The molecular formula is C25H17N3. The fourth-order valence-electron chi connectivity index (χ4n) is 5.32. The summed E-state index contributed by atoms with van der Waals surface area (Å²) in [7, 11) is 0. The van der Waals surface area contributed by atoms with E-state index in [0.717, 1.165) is 25.0 Å². The van der Waals surface area contributed by atoms with Gasteiger partial charge >= 0.3 is 0 Å². The van der Waals surface area contributed by atoms with Gasteiger partial charge in [0, 0.05) is 25.2 Å². The van der Waals surface area contributed by atoms with Gasteiger partial charge in [-0.2, -0.15) is 0 Å². The first-order valence-electron chi connectivity index (χ1n) is 9.81. The summed E-state index contributed by atoms with van der Waals surface area (Å²) in [6, 6.07) is 17.7. The molecule has 0 atom stereocenters. The van der Waals surface area contributed by atoms with Crippen molar-refractivity contribution >= 4 is 17.1 Å². The van der Waals surface area contributed by atoms with Crippen LogP contribution in [0.3, 0.4) is 0 Å². The minimum absolute atomic E-state index is 0.897. The second-order valence-electron chi connectivity index (χ2n) is 7.89. The zero-order valence-corrected chi connectivity index (χ0v) is 15.3. The van der Waals surface area contributed by atoms with E-state index in [-0.39, 0.29) is 0 Å². The Balaban J connectivity index is 1.60. The average molecular weight is 359 g/mol. The van der Waals surface area contributed by atoms with Gasteiger partial charge in [-0.25, -0.2) is 0 Å². The van der Waals surface area contributed by atoms with Crippen LogP contribution < -0.4 is 4.90 Å². The molecule has 3 heteroatoms. The first-order valence-corrected chi connectivity index (χ1v) is 9.81. The third kappa shape index (κ3) is 1.74. The van der Waals surface area contributed by atoms with Crippen molar-refractivity contribution in [2.24, 2.45) is 0 Å². The molecule has 0 saturated carbocycles. The molecule has 132 valence electrons. The maximum Gasteiger partial charge on any atom is 0.0688 e. The minimum Gasteiger partial charge on any atom is -0.306 e. The Hall–Kier alpha value is -3.46. The van der Waals surface area contributed by atoms with Crippen molar-refractivity contribution in [3.8, 4) is 11.1 Å². The molecule has 3 aliphatic rings. The number of anilines is 3. The van der Waals surface area contributed by atoms with E-state index < -0.39 is 0 Å². The lowest BCUT2D eigenvalue weighted by Gasteiger charge is -2.39. The zero-order valence-electron chi connectivity index (χ0n) is 15.3. The molecule has 28 heavy (non-hydrogen) atoms. The van der Waals surface area contributed by atoms with Gasteiger partial charge in [0.2, 0.25) is 0 Å². The maximum absolute atomic E-state index is 4.71. The number of rotatable bonds is 0. The van der Waals surface area contributed by atoms with Crippen molar-refractivity contribution in [3.63, 3.8) is 0 Å². The molecule has 2 aromatic heterocycles. The Bertz CT molecular complexity index is 1290. The molecule has 7 rings (SSSR count). The monoisotopic (exact) mass is 359 g/mol. The van der Waals surface area contributed by atoms with Crippen LogP contribution in [0, 0.1) is 0 Å². The van der Waals surface area contributed by atoms with Crippen LogP contribution in [0.1, 0.15) is 33.5 Å². The molecule has 0 radical (unpaired) electrons. The van der Waals surface area contributed by atoms with Gasteiger partial charge in [-0.05, 0) is 63.6 Å². The Morgan fingerprint density at radius 3 is 2.71 bits per heavy atom. The zero-order chi connectivity index (χ0) is 18.2. The predicted octanol–water partition coefficient (Wildman–Crippen LogP) is 5.33. The first kappa shape index (κ1) is 14.6. The predicted molar refractivity (Wildman–Crippen MR) is 111 cm³/mol. The molecule has 4 aromatic rings. The number of hydrogen-bond acceptors (Lipinski definition) is 3. The van der Waals surface area contributed by atoms with Gasteiger partial charge < -0.3 is 4.90 Å². The van der Waals surface area contributed by atoms with Gasteiger partial charge in [0.05, 0.1) is 29.0 Å². The van der Waals surface area contributed by atoms with Gasteiger partial charge in [-0.15, -0.1) is 0 Å². The Kier molecular flexibility index (Phi) is 2.64. The minimum atomic E-state index is 0.897. The summed E-state index contributed by atoms with van der Waals surface area (Å²) in [5.41, 5.74) is 14.8. The third-order valence-electron chi connectivity index (χ3n) is 6.41. The summed E-state index contributed by atoms with van der Waals surface area (Å²) in [6.07, 6.45) is 8.71. The maximum atomic E-state index is 4.71. The summed E-state index contributed by atoms with van der Waals surface area (Å²) in [5, 5.41) is 0. The quantitative estimate of drug-likeness (QED) is 0.367. The number of hydrogen-bond donors (Lipinski definition) is 0. The van der Waals surface area contributed by atoms with Crippen molar-refractivity contribution in [2.45, 2.75) is 19.3 Å². The molecule has 0 amide bonds. The van der Waals surface area contributed by atoms with E-state index in [0.29, 0.717) is 0 Å². The lowest BCUT2D eigenvalue weighted by atomic mass is 9.83. The summed E-state index contributed by atoms with van der Waals surface area (Å²) in [4.78, 5) is 11.6. The van der Waals surface area contributed by atoms with Crippen LogP contribution in [0.15, 0.2) is 67.1 Å². The van der Waals surface area contributed by atoms with Crippen LogP contribution >= 0.6 is 0 Å². The summed E-state index contributed by atoms with van der Waals surface area (Å²) < 4.78 is 0. The first-order chi connectivity index (χ1) is 13.9. The molecule has 3 nitrogen and oxygen atoms in total. The van der Waals surface area contributed by atoms with Crippen molar-refractivity contribution in [2.75, 3.05) is 4.90 Å². The normalized spacial score (nSPS) is 14.6. The number of benzene rings is 2. The highest BCUT2D eigenvalue weighted by Gasteiger charge is 2.36.